The summed E-state index contributed by atoms with van der Waals surface area (Å²) in [5.41, 5.74) is 3.65. The zero-order valence-corrected chi connectivity index (χ0v) is 10.4. The first-order chi connectivity index (χ1) is 7.66. The lowest BCUT2D eigenvalue weighted by atomic mass is 10.1. The van der Waals surface area contributed by atoms with Gasteiger partial charge in [0, 0.05) is 6.54 Å². The van der Waals surface area contributed by atoms with Crippen molar-refractivity contribution < 1.29 is 0 Å². The summed E-state index contributed by atoms with van der Waals surface area (Å²) < 4.78 is 2.26. The molecule has 0 aliphatic rings. The molecule has 0 radical (unpaired) electrons. The minimum Gasteiger partial charge on any atom is -0.331 e. The number of aryl methyl sites for hydroxylation is 2. The molecule has 0 aliphatic carbocycles. The van der Waals surface area contributed by atoms with Crippen LogP contribution in [0.25, 0.3) is 11.0 Å². The Morgan fingerprint density at radius 1 is 1.31 bits per heavy atom. The Hall–Kier alpha value is -1.31. The molecule has 1 heterocycles. The van der Waals surface area contributed by atoms with E-state index in [0.717, 1.165) is 18.0 Å². The zero-order chi connectivity index (χ0) is 11.5. The maximum Gasteiger partial charge on any atom is 0.0958 e. The van der Waals surface area contributed by atoms with E-state index in [1.807, 2.05) is 6.33 Å². The molecule has 1 aromatic carbocycles. The fraction of sp³-hybridized carbons (Fsp3) is 0.500. The fourth-order valence-electron chi connectivity index (χ4n) is 2.02. The summed E-state index contributed by atoms with van der Waals surface area (Å²) in [5, 5.41) is 0. The highest BCUT2D eigenvalue weighted by Gasteiger charge is 2.02. The van der Waals surface area contributed by atoms with Crippen LogP contribution in [0, 0.1) is 12.8 Å². The van der Waals surface area contributed by atoms with Crippen molar-refractivity contribution >= 4 is 11.0 Å². The molecule has 0 unspecified atom stereocenters. The van der Waals surface area contributed by atoms with E-state index in [-0.39, 0.29) is 0 Å². The second kappa shape index (κ2) is 4.69. The minimum absolute atomic E-state index is 0.789. The van der Waals surface area contributed by atoms with Gasteiger partial charge in [-0.25, -0.2) is 4.98 Å². The van der Waals surface area contributed by atoms with Crippen molar-refractivity contribution in [3.05, 3.63) is 30.1 Å². The van der Waals surface area contributed by atoms with Gasteiger partial charge < -0.3 is 4.57 Å². The summed E-state index contributed by atoms with van der Waals surface area (Å²) in [5.74, 6) is 0.789. The Labute approximate surface area is 97.3 Å². The van der Waals surface area contributed by atoms with Crippen LogP contribution in [-0.4, -0.2) is 9.55 Å². The number of hydrogen-bond acceptors (Lipinski definition) is 1. The molecule has 86 valence electrons. The number of benzene rings is 1. The predicted octanol–water partition coefficient (Wildman–Crippen LogP) is 3.78. The van der Waals surface area contributed by atoms with Crippen LogP contribution in [0.4, 0.5) is 0 Å². The van der Waals surface area contributed by atoms with Crippen molar-refractivity contribution in [1.29, 1.82) is 0 Å². The second-order valence-electron chi connectivity index (χ2n) is 4.97. The molecule has 0 aliphatic heterocycles. The molecule has 0 saturated heterocycles. The third-order valence-electron chi connectivity index (χ3n) is 2.96. The average Bonchev–Trinajstić information content (AvgIpc) is 2.60. The normalized spacial score (nSPS) is 11.5. The molecule has 2 heteroatoms. The summed E-state index contributed by atoms with van der Waals surface area (Å²) in [6.45, 7) is 7.74. The van der Waals surface area contributed by atoms with Crippen LogP contribution >= 0.6 is 0 Å². The second-order valence-corrected chi connectivity index (χ2v) is 4.97. The van der Waals surface area contributed by atoms with Crippen LogP contribution in [0.1, 0.15) is 32.3 Å². The summed E-state index contributed by atoms with van der Waals surface area (Å²) in [6, 6.07) is 6.48. The van der Waals surface area contributed by atoms with Gasteiger partial charge in [0.05, 0.1) is 17.4 Å². The van der Waals surface area contributed by atoms with E-state index in [1.54, 1.807) is 0 Å². The summed E-state index contributed by atoms with van der Waals surface area (Å²) >= 11 is 0. The van der Waals surface area contributed by atoms with E-state index >= 15 is 0 Å². The Morgan fingerprint density at radius 3 is 2.88 bits per heavy atom. The molecule has 2 nitrogen and oxygen atoms in total. The highest BCUT2D eigenvalue weighted by molar-refractivity contribution is 5.75. The minimum atomic E-state index is 0.789. The van der Waals surface area contributed by atoms with Crippen molar-refractivity contribution in [2.45, 2.75) is 40.2 Å². The van der Waals surface area contributed by atoms with Crippen molar-refractivity contribution in [3.63, 3.8) is 0 Å². The van der Waals surface area contributed by atoms with Gasteiger partial charge in [0.2, 0.25) is 0 Å². The molecule has 0 amide bonds. The van der Waals surface area contributed by atoms with Crippen LogP contribution in [0.2, 0.25) is 0 Å². The van der Waals surface area contributed by atoms with Gasteiger partial charge in [0.15, 0.2) is 0 Å². The van der Waals surface area contributed by atoms with Crippen LogP contribution in [0.3, 0.4) is 0 Å². The third kappa shape index (κ3) is 2.43. The molecule has 1 aromatic heterocycles. The molecule has 0 N–H and O–H groups in total. The Balaban J connectivity index is 2.13. The highest BCUT2D eigenvalue weighted by atomic mass is 15.0. The first-order valence-electron chi connectivity index (χ1n) is 6.08. The van der Waals surface area contributed by atoms with Gasteiger partial charge >= 0.3 is 0 Å². The first kappa shape index (κ1) is 11.2. The highest BCUT2D eigenvalue weighted by Crippen LogP contribution is 2.15. The average molecular weight is 216 g/mol. The van der Waals surface area contributed by atoms with Gasteiger partial charge in [0.1, 0.15) is 0 Å². The molecule has 0 bridgehead atoms. The van der Waals surface area contributed by atoms with E-state index in [1.165, 1.54) is 23.9 Å². The molecular formula is C14H20N2. The third-order valence-corrected chi connectivity index (χ3v) is 2.96. The number of aromatic nitrogens is 2. The van der Waals surface area contributed by atoms with Crippen LogP contribution in [-0.2, 0) is 6.54 Å². The van der Waals surface area contributed by atoms with Crippen molar-refractivity contribution in [1.82, 2.24) is 9.55 Å². The van der Waals surface area contributed by atoms with E-state index in [9.17, 15) is 0 Å². The number of fused-ring (bicyclic) bond motifs is 1. The monoisotopic (exact) mass is 216 g/mol. The molecule has 0 saturated carbocycles. The van der Waals surface area contributed by atoms with Crippen molar-refractivity contribution in [3.8, 4) is 0 Å². The molecule has 0 atom stereocenters. The molecule has 0 fully saturated rings. The Kier molecular flexibility index (Phi) is 3.28. The number of imidazole rings is 1. The molecule has 16 heavy (non-hydrogen) atoms. The maximum absolute atomic E-state index is 4.44. The van der Waals surface area contributed by atoms with Crippen molar-refractivity contribution in [2.75, 3.05) is 0 Å². The summed E-state index contributed by atoms with van der Waals surface area (Å²) in [7, 11) is 0. The topological polar surface area (TPSA) is 17.8 Å². The van der Waals surface area contributed by atoms with E-state index in [0.29, 0.717) is 0 Å². The van der Waals surface area contributed by atoms with Crippen molar-refractivity contribution in [2.24, 2.45) is 5.92 Å². The SMILES string of the molecule is Cc1ccc2c(c1)ncn2CCCC(C)C. The van der Waals surface area contributed by atoms with Gasteiger partial charge in [-0.1, -0.05) is 19.9 Å². The molecule has 2 aromatic rings. The lowest BCUT2D eigenvalue weighted by Crippen LogP contribution is -1.98. The Bertz CT molecular complexity index is 469. The van der Waals surface area contributed by atoms with Crippen LogP contribution < -0.4 is 0 Å². The fourth-order valence-corrected chi connectivity index (χ4v) is 2.02. The molecular weight excluding hydrogens is 196 g/mol. The van der Waals surface area contributed by atoms with E-state index < -0.39 is 0 Å². The van der Waals surface area contributed by atoms with Crippen LogP contribution in [0.5, 0.6) is 0 Å². The van der Waals surface area contributed by atoms with Gasteiger partial charge in [0.25, 0.3) is 0 Å². The zero-order valence-electron chi connectivity index (χ0n) is 10.4. The number of rotatable bonds is 4. The van der Waals surface area contributed by atoms with Gasteiger partial charge in [-0.05, 0) is 43.4 Å². The van der Waals surface area contributed by atoms with Gasteiger partial charge in [-0.15, -0.1) is 0 Å². The van der Waals surface area contributed by atoms with Crippen LogP contribution in [0.15, 0.2) is 24.5 Å². The maximum atomic E-state index is 4.44. The Morgan fingerprint density at radius 2 is 2.12 bits per heavy atom. The standard InChI is InChI=1S/C14H20N2/c1-11(2)5-4-8-16-10-15-13-9-12(3)6-7-14(13)16/h6-7,9-11H,4-5,8H2,1-3H3. The predicted molar refractivity (Wildman–Crippen MR) is 68.5 cm³/mol. The van der Waals surface area contributed by atoms with E-state index in [2.05, 4.69) is 48.5 Å². The number of hydrogen-bond donors (Lipinski definition) is 0. The lowest BCUT2D eigenvalue weighted by Gasteiger charge is -2.06. The largest absolute Gasteiger partial charge is 0.331 e. The summed E-state index contributed by atoms with van der Waals surface area (Å²) in [6.07, 6.45) is 4.48. The first-order valence-corrected chi connectivity index (χ1v) is 6.08. The molecule has 0 spiro atoms. The number of nitrogens with zero attached hydrogens (tertiary/aromatic N) is 2. The van der Waals surface area contributed by atoms with E-state index in [4.69, 9.17) is 0 Å². The molecule has 2 rings (SSSR count). The smallest absolute Gasteiger partial charge is 0.0958 e. The summed E-state index contributed by atoms with van der Waals surface area (Å²) in [4.78, 5) is 4.44. The quantitative estimate of drug-likeness (QED) is 0.760. The lowest BCUT2D eigenvalue weighted by molar-refractivity contribution is 0.516. The van der Waals surface area contributed by atoms with Gasteiger partial charge in [-0.3, -0.25) is 0 Å². The van der Waals surface area contributed by atoms with Gasteiger partial charge in [-0.2, -0.15) is 0 Å².